The number of carbonyl (C=O) groups is 1. The molecule has 2 heterocycles. The zero-order valence-electron chi connectivity index (χ0n) is 9.89. The van der Waals surface area contributed by atoms with Crippen molar-refractivity contribution in [3.63, 3.8) is 0 Å². The second-order valence-electron chi connectivity index (χ2n) is 3.79. The van der Waals surface area contributed by atoms with E-state index in [0.29, 0.717) is 5.69 Å². The highest BCUT2D eigenvalue weighted by Crippen LogP contribution is 2.03. The van der Waals surface area contributed by atoms with E-state index in [1.54, 1.807) is 0 Å². The van der Waals surface area contributed by atoms with Crippen molar-refractivity contribution in [2.24, 2.45) is 0 Å². The number of hydrogen-bond acceptors (Lipinski definition) is 7. The van der Waals surface area contributed by atoms with Crippen LogP contribution >= 0.6 is 0 Å². The van der Waals surface area contributed by atoms with Crippen LogP contribution in [0, 0.1) is 0 Å². The summed E-state index contributed by atoms with van der Waals surface area (Å²) in [4.78, 5) is 11.7. The summed E-state index contributed by atoms with van der Waals surface area (Å²) in [5.41, 5.74) is 5.80. The fourth-order valence-electron chi connectivity index (χ4n) is 1.30. The summed E-state index contributed by atoms with van der Waals surface area (Å²) in [7, 11) is -3.43. The average molecular weight is 285 g/mol. The maximum absolute atomic E-state index is 11.7. The highest BCUT2D eigenvalue weighted by molar-refractivity contribution is 7.92. The molecule has 2 aromatic heterocycles. The van der Waals surface area contributed by atoms with Crippen molar-refractivity contribution >= 4 is 27.4 Å². The van der Waals surface area contributed by atoms with Crippen LogP contribution in [0.3, 0.4) is 0 Å². The molecular formula is C8H11N7O3S. The van der Waals surface area contributed by atoms with Crippen LogP contribution in [-0.2, 0) is 16.6 Å². The number of hydrogen-bond donors (Lipinski definition) is 2. The van der Waals surface area contributed by atoms with Crippen molar-refractivity contribution in [2.45, 2.75) is 6.54 Å². The van der Waals surface area contributed by atoms with Gasteiger partial charge in [0.1, 0.15) is 6.54 Å². The summed E-state index contributed by atoms with van der Waals surface area (Å²) in [6, 6.07) is 0. The molecule has 10 nitrogen and oxygen atoms in total. The fourth-order valence-corrected chi connectivity index (χ4v) is 1.77. The van der Waals surface area contributed by atoms with Gasteiger partial charge in [-0.05, 0) is 0 Å². The molecular weight excluding hydrogens is 274 g/mol. The Bertz CT molecular complexity index is 702. The Morgan fingerprint density at radius 1 is 1.47 bits per heavy atom. The Morgan fingerprint density at radius 2 is 2.21 bits per heavy atom. The van der Waals surface area contributed by atoms with Crippen LogP contribution in [-0.4, -0.2) is 45.4 Å². The molecule has 102 valence electrons. The molecule has 0 spiro atoms. The first-order valence-electron chi connectivity index (χ1n) is 5.05. The zero-order chi connectivity index (χ0) is 14.0. The molecule has 3 N–H and O–H groups in total. The number of sulfonamides is 1. The van der Waals surface area contributed by atoms with Crippen LogP contribution in [0.15, 0.2) is 18.6 Å². The predicted octanol–water partition coefficient (Wildman–Crippen LogP) is -1.23. The first-order valence-corrected chi connectivity index (χ1v) is 6.94. The van der Waals surface area contributed by atoms with Crippen molar-refractivity contribution in [3.8, 4) is 0 Å². The largest absolute Gasteiger partial charge is 0.396 e. The van der Waals surface area contributed by atoms with Gasteiger partial charge in [0.25, 0.3) is 5.91 Å². The topological polar surface area (TPSA) is 138 Å². The van der Waals surface area contributed by atoms with E-state index < -0.39 is 10.0 Å². The van der Waals surface area contributed by atoms with E-state index in [-0.39, 0.29) is 18.3 Å². The fraction of sp³-hybridized carbons (Fsp3) is 0.250. The lowest BCUT2D eigenvalue weighted by Crippen LogP contribution is -2.18. The quantitative estimate of drug-likeness (QED) is 0.717. The van der Waals surface area contributed by atoms with Crippen LogP contribution in [0.4, 0.5) is 11.5 Å². The normalized spacial score (nSPS) is 11.4. The molecule has 0 bridgehead atoms. The number of aromatic nitrogens is 5. The van der Waals surface area contributed by atoms with Gasteiger partial charge in [-0.3, -0.25) is 9.52 Å². The second-order valence-corrected chi connectivity index (χ2v) is 5.54. The van der Waals surface area contributed by atoms with Crippen molar-refractivity contribution in [1.29, 1.82) is 0 Å². The Morgan fingerprint density at radius 3 is 2.79 bits per heavy atom. The van der Waals surface area contributed by atoms with Crippen LogP contribution in [0.25, 0.3) is 0 Å². The molecule has 11 heteroatoms. The first kappa shape index (κ1) is 13.0. The van der Waals surface area contributed by atoms with Crippen LogP contribution in [0.5, 0.6) is 0 Å². The Balaban J connectivity index is 2.06. The molecule has 2 rings (SSSR count). The molecule has 0 saturated heterocycles. The molecule has 0 unspecified atom stereocenters. The third kappa shape index (κ3) is 3.51. The third-order valence-electron chi connectivity index (χ3n) is 1.98. The highest BCUT2D eigenvalue weighted by atomic mass is 32.2. The van der Waals surface area contributed by atoms with Crippen molar-refractivity contribution in [3.05, 3.63) is 18.6 Å². The smallest absolute Gasteiger partial charge is 0.268 e. The van der Waals surface area contributed by atoms with E-state index in [9.17, 15) is 13.2 Å². The lowest BCUT2D eigenvalue weighted by molar-refractivity contribution is 0.0869. The van der Waals surface area contributed by atoms with E-state index in [2.05, 4.69) is 20.1 Å². The number of rotatable bonds is 4. The van der Waals surface area contributed by atoms with E-state index in [1.165, 1.54) is 23.3 Å². The summed E-state index contributed by atoms with van der Waals surface area (Å²) < 4.78 is 26.3. The predicted molar refractivity (Wildman–Crippen MR) is 65.8 cm³/mol. The summed E-state index contributed by atoms with van der Waals surface area (Å²) in [5.74, 6) is -0.345. The Hall–Kier alpha value is -2.43. The van der Waals surface area contributed by atoms with E-state index in [0.717, 1.165) is 10.9 Å². The molecule has 0 aliphatic rings. The van der Waals surface area contributed by atoms with Crippen LogP contribution in [0.1, 0.15) is 4.79 Å². The van der Waals surface area contributed by atoms with Crippen LogP contribution < -0.4 is 10.5 Å². The van der Waals surface area contributed by atoms with Gasteiger partial charge in [0, 0.05) is 0 Å². The maximum atomic E-state index is 11.7. The van der Waals surface area contributed by atoms with Gasteiger partial charge in [-0.15, -0.1) is 5.10 Å². The van der Waals surface area contributed by atoms with E-state index in [1.807, 2.05) is 0 Å². The molecule has 0 saturated carbocycles. The Kier molecular flexibility index (Phi) is 3.21. The molecule has 2 aromatic rings. The standard InChI is InChI=1S/C8H11N7O3S/c1-19(17,18)12-7-4-14(13-11-7)5-8(16)15-3-6(9)2-10-15/h2-4,12H,5,9H2,1H3. The second kappa shape index (κ2) is 4.68. The van der Waals surface area contributed by atoms with Crippen LogP contribution in [0.2, 0.25) is 0 Å². The summed E-state index contributed by atoms with van der Waals surface area (Å²) in [6.07, 6.45) is 5.00. The monoisotopic (exact) mass is 285 g/mol. The van der Waals surface area contributed by atoms with Gasteiger partial charge in [-0.1, -0.05) is 5.21 Å². The zero-order valence-corrected chi connectivity index (χ0v) is 10.7. The lowest BCUT2D eigenvalue weighted by Gasteiger charge is -1.99. The molecule has 0 aromatic carbocycles. The summed E-state index contributed by atoms with van der Waals surface area (Å²) in [6.45, 7) is -0.139. The molecule has 0 radical (unpaired) electrons. The van der Waals surface area contributed by atoms with Gasteiger partial charge < -0.3 is 5.73 Å². The van der Waals surface area contributed by atoms with Gasteiger partial charge in [0.2, 0.25) is 10.0 Å². The number of nitrogens with one attached hydrogen (secondary N) is 1. The van der Waals surface area contributed by atoms with Gasteiger partial charge in [-0.25, -0.2) is 17.8 Å². The minimum Gasteiger partial charge on any atom is -0.396 e. The SMILES string of the molecule is CS(=O)(=O)Nc1cn(CC(=O)n2cc(N)cn2)nn1. The van der Waals surface area contributed by atoms with Crippen molar-refractivity contribution in [1.82, 2.24) is 24.8 Å². The third-order valence-corrected chi connectivity index (χ3v) is 2.56. The number of nitrogens with two attached hydrogens (primary N) is 1. The molecule has 19 heavy (non-hydrogen) atoms. The lowest BCUT2D eigenvalue weighted by atomic mass is 10.5. The molecule has 0 fully saturated rings. The highest BCUT2D eigenvalue weighted by Gasteiger charge is 2.11. The summed E-state index contributed by atoms with van der Waals surface area (Å²) in [5, 5.41) is 10.9. The first-order chi connectivity index (χ1) is 8.83. The number of nitrogens with zero attached hydrogens (tertiary/aromatic N) is 5. The van der Waals surface area contributed by atoms with Gasteiger partial charge in [0.05, 0.1) is 30.5 Å². The molecule has 0 amide bonds. The minimum atomic E-state index is -3.43. The van der Waals surface area contributed by atoms with Gasteiger partial charge in [-0.2, -0.15) is 5.10 Å². The number of nitrogen functional groups attached to an aromatic ring is 1. The minimum absolute atomic E-state index is 0.0373. The number of carbonyl (C=O) groups excluding carboxylic acids is 1. The van der Waals surface area contributed by atoms with Gasteiger partial charge >= 0.3 is 0 Å². The molecule has 0 aliphatic heterocycles. The molecule has 0 aliphatic carbocycles. The Labute approximate surface area is 108 Å². The van der Waals surface area contributed by atoms with E-state index in [4.69, 9.17) is 5.73 Å². The summed E-state index contributed by atoms with van der Waals surface area (Å²) >= 11 is 0. The van der Waals surface area contributed by atoms with Gasteiger partial charge in [0.15, 0.2) is 5.82 Å². The van der Waals surface area contributed by atoms with E-state index >= 15 is 0 Å². The van der Waals surface area contributed by atoms with Crippen molar-refractivity contribution < 1.29 is 13.2 Å². The number of anilines is 2. The molecule has 0 atom stereocenters. The van der Waals surface area contributed by atoms with Crippen molar-refractivity contribution in [2.75, 3.05) is 16.7 Å². The average Bonchev–Trinajstić information content (AvgIpc) is 2.85. The maximum Gasteiger partial charge on any atom is 0.268 e.